The summed E-state index contributed by atoms with van der Waals surface area (Å²) in [6, 6.07) is 8.52. The van der Waals surface area contributed by atoms with Crippen molar-refractivity contribution >= 4 is 5.91 Å². The van der Waals surface area contributed by atoms with Gasteiger partial charge in [0.05, 0.1) is 6.61 Å². The molecule has 1 N–H and O–H groups in total. The largest absolute Gasteiger partial charge is 0.493 e. The Kier molecular flexibility index (Phi) is 4.24. The van der Waals surface area contributed by atoms with Crippen molar-refractivity contribution in [3.63, 3.8) is 0 Å². The Morgan fingerprint density at radius 3 is 2.80 bits per heavy atom. The summed E-state index contributed by atoms with van der Waals surface area (Å²) < 4.78 is 5.65. The number of hydrogen-bond donors (Lipinski definition) is 1. The molecule has 1 heterocycles. The number of para-hydroxylation sites is 1. The van der Waals surface area contributed by atoms with Crippen LogP contribution in [-0.2, 0) is 4.79 Å². The van der Waals surface area contributed by atoms with Gasteiger partial charge >= 0.3 is 0 Å². The maximum atomic E-state index is 12.2. The highest BCUT2D eigenvalue weighted by molar-refractivity contribution is 5.77. The van der Waals surface area contributed by atoms with Crippen molar-refractivity contribution in [2.45, 2.75) is 56.9 Å². The highest BCUT2D eigenvalue weighted by atomic mass is 16.5. The third-order valence-electron chi connectivity index (χ3n) is 4.48. The van der Waals surface area contributed by atoms with E-state index in [1.807, 2.05) is 18.2 Å². The SMILES string of the molecule is O=C(CC1CCOc2ccccc21)NC1CCCCC1. The summed E-state index contributed by atoms with van der Waals surface area (Å²) in [5.41, 5.74) is 1.19. The van der Waals surface area contributed by atoms with Crippen LogP contribution in [0.15, 0.2) is 24.3 Å². The molecule has 0 bridgehead atoms. The molecular formula is C17H23NO2. The van der Waals surface area contributed by atoms with Gasteiger partial charge in [0.1, 0.15) is 5.75 Å². The van der Waals surface area contributed by atoms with Crippen LogP contribution in [0.4, 0.5) is 0 Å². The van der Waals surface area contributed by atoms with E-state index in [1.54, 1.807) is 0 Å². The van der Waals surface area contributed by atoms with Crippen molar-refractivity contribution in [1.29, 1.82) is 0 Å². The molecule has 2 aliphatic rings. The molecule has 0 radical (unpaired) electrons. The fraction of sp³-hybridized carbons (Fsp3) is 0.588. The van der Waals surface area contributed by atoms with Gasteiger partial charge in [0, 0.05) is 12.5 Å². The summed E-state index contributed by atoms with van der Waals surface area (Å²) in [5.74, 6) is 1.47. The van der Waals surface area contributed by atoms with Gasteiger partial charge in [-0.2, -0.15) is 0 Å². The highest BCUT2D eigenvalue weighted by Gasteiger charge is 2.24. The van der Waals surface area contributed by atoms with Crippen molar-refractivity contribution in [2.75, 3.05) is 6.61 Å². The Labute approximate surface area is 120 Å². The number of fused-ring (bicyclic) bond motifs is 1. The fourth-order valence-electron chi connectivity index (χ4n) is 3.39. The number of carbonyl (C=O) groups is 1. The van der Waals surface area contributed by atoms with Gasteiger partial charge in [-0.05, 0) is 36.8 Å². The number of benzene rings is 1. The molecule has 1 saturated carbocycles. The van der Waals surface area contributed by atoms with Crippen molar-refractivity contribution in [3.05, 3.63) is 29.8 Å². The highest BCUT2D eigenvalue weighted by Crippen LogP contribution is 2.35. The lowest BCUT2D eigenvalue weighted by molar-refractivity contribution is -0.122. The fourth-order valence-corrected chi connectivity index (χ4v) is 3.39. The van der Waals surface area contributed by atoms with Gasteiger partial charge in [-0.25, -0.2) is 0 Å². The number of amides is 1. The van der Waals surface area contributed by atoms with Gasteiger partial charge in [0.2, 0.25) is 5.91 Å². The third kappa shape index (κ3) is 3.14. The lowest BCUT2D eigenvalue weighted by Crippen LogP contribution is -2.37. The van der Waals surface area contributed by atoms with Gasteiger partial charge in [0.15, 0.2) is 0 Å². The first kappa shape index (κ1) is 13.5. The number of carbonyl (C=O) groups excluding carboxylic acids is 1. The molecule has 1 aliphatic carbocycles. The molecule has 1 aromatic carbocycles. The average molecular weight is 273 g/mol. The van der Waals surface area contributed by atoms with E-state index in [0.717, 1.165) is 31.6 Å². The molecule has 0 saturated heterocycles. The Bertz CT molecular complexity index is 466. The first-order valence-corrected chi connectivity index (χ1v) is 7.84. The van der Waals surface area contributed by atoms with Crippen molar-refractivity contribution < 1.29 is 9.53 Å². The minimum atomic E-state index is 0.207. The van der Waals surface area contributed by atoms with Crippen molar-refractivity contribution in [1.82, 2.24) is 5.32 Å². The van der Waals surface area contributed by atoms with E-state index >= 15 is 0 Å². The molecule has 3 rings (SSSR count). The monoisotopic (exact) mass is 273 g/mol. The molecule has 1 unspecified atom stereocenters. The molecule has 0 spiro atoms. The Morgan fingerprint density at radius 2 is 1.95 bits per heavy atom. The van der Waals surface area contributed by atoms with Crippen LogP contribution in [0.25, 0.3) is 0 Å². The smallest absolute Gasteiger partial charge is 0.220 e. The van der Waals surface area contributed by atoms with Crippen LogP contribution in [0, 0.1) is 0 Å². The zero-order valence-electron chi connectivity index (χ0n) is 11.9. The standard InChI is InChI=1S/C17H23NO2/c19-17(18-14-6-2-1-3-7-14)12-13-10-11-20-16-9-5-4-8-15(13)16/h4-5,8-9,13-14H,1-3,6-7,10-12H2,(H,18,19). The predicted octanol–water partition coefficient (Wildman–Crippen LogP) is 3.39. The van der Waals surface area contributed by atoms with Gasteiger partial charge in [-0.3, -0.25) is 4.79 Å². The van der Waals surface area contributed by atoms with E-state index in [1.165, 1.54) is 24.8 Å². The first-order valence-electron chi connectivity index (χ1n) is 7.84. The maximum Gasteiger partial charge on any atom is 0.220 e. The lowest BCUT2D eigenvalue weighted by Gasteiger charge is -2.27. The van der Waals surface area contributed by atoms with E-state index in [4.69, 9.17) is 4.74 Å². The molecule has 0 aromatic heterocycles. The Morgan fingerprint density at radius 1 is 1.15 bits per heavy atom. The average Bonchev–Trinajstić information content (AvgIpc) is 2.48. The number of hydrogen-bond acceptors (Lipinski definition) is 2. The second-order valence-electron chi connectivity index (χ2n) is 5.98. The molecule has 1 fully saturated rings. The van der Waals surface area contributed by atoms with Gasteiger partial charge in [-0.1, -0.05) is 37.5 Å². The lowest BCUT2D eigenvalue weighted by atomic mass is 9.89. The Balaban J connectivity index is 1.59. The quantitative estimate of drug-likeness (QED) is 0.916. The normalized spacial score (nSPS) is 22.7. The van der Waals surface area contributed by atoms with Crippen molar-refractivity contribution in [2.24, 2.45) is 0 Å². The predicted molar refractivity (Wildman–Crippen MR) is 78.9 cm³/mol. The molecule has 1 atom stereocenters. The summed E-state index contributed by atoms with van der Waals surface area (Å²) in [5, 5.41) is 3.22. The summed E-state index contributed by atoms with van der Waals surface area (Å²) in [6.07, 6.45) is 7.66. The molecule has 1 amide bonds. The second-order valence-corrected chi connectivity index (χ2v) is 5.98. The molecule has 20 heavy (non-hydrogen) atoms. The molecule has 1 aromatic rings. The molecule has 1 aliphatic heterocycles. The molecular weight excluding hydrogens is 250 g/mol. The van der Waals surface area contributed by atoms with Crippen LogP contribution in [-0.4, -0.2) is 18.6 Å². The van der Waals surface area contributed by atoms with E-state index in [9.17, 15) is 4.79 Å². The van der Waals surface area contributed by atoms with Crippen LogP contribution < -0.4 is 10.1 Å². The number of rotatable bonds is 3. The van der Waals surface area contributed by atoms with Gasteiger partial charge in [0.25, 0.3) is 0 Å². The van der Waals surface area contributed by atoms with Crippen molar-refractivity contribution in [3.8, 4) is 5.75 Å². The second kappa shape index (κ2) is 6.29. The van der Waals surface area contributed by atoms with Crippen LogP contribution in [0.3, 0.4) is 0 Å². The summed E-state index contributed by atoms with van der Waals surface area (Å²) in [6.45, 7) is 0.721. The number of ether oxygens (including phenoxy) is 1. The third-order valence-corrected chi connectivity index (χ3v) is 4.48. The van der Waals surface area contributed by atoms with E-state index in [0.29, 0.717) is 18.4 Å². The molecule has 108 valence electrons. The van der Waals surface area contributed by atoms with Gasteiger partial charge in [-0.15, -0.1) is 0 Å². The van der Waals surface area contributed by atoms with Crippen LogP contribution in [0.1, 0.15) is 56.4 Å². The minimum absolute atomic E-state index is 0.207. The minimum Gasteiger partial charge on any atom is -0.493 e. The van der Waals surface area contributed by atoms with E-state index < -0.39 is 0 Å². The topological polar surface area (TPSA) is 38.3 Å². The summed E-state index contributed by atoms with van der Waals surface area (Å²) >= 11 is 0. The molecule has 3 heteroatoms. The summed E-state index contributed by atoms with van der Waals surface area (Å²) in [7, 11) is 0. The maximum absolute atomic E-state index is 12.2. The zero-order valence-corrected chi connectivity index (χ0v) is 11.9. The summed E-state index contributed by atoms with van der Waals surface area (Å²) in [4.78, 5) is 12.2. The van der Waals surface area contributed by atoms with E-state index in [-0.39, 0.29) is 5.91 Å². The zero-order chi connectivity index (χ0) is 13.8. The Hall–Kier alpha value is -1.51. The number of nitrogens with one attached hydrogen (secondary N) is 1. The molecule has 3 nitrogen and oxygen atoms in total. The van der Waals surface area contributed by atoms with E-state index in [2.05, 4.69) is 11.4 Å². The van der Waals surface area contributed by atoms with Crippen LogP contribution in [0.2, 0.25) is 0 Å². The first-order chi connectivity index (χ1) is 9.83. The van der Waals surface area contributed by atoms with Crippen LogP contribution in [0.5, 0.6) is 5.75 Å². The van der Waals surface area contributed by atoms with Gasteiger partial charge < -0.3 is 10.1 Å². The van der Waals surface area contributed by atoms with Crippen LogP contribution >= 0.6 is 0 Å².